The third-order valence-electron chi connectivity index (χ3n) is 7.29. The van der Waals surface area contributed by atoms with E-state index in [1.165, 1.54) is 12.1 Å². The van der Waals surface area contributed by atoms with E-state index in [0.717, 1.165) is 73.0 Å². The van der Waals surface area contributed by atoms with E-state index in [4.69, 9.17) is 19.1 Å². The number of morpholine rings is 1. The molecule has 0 radical (unpaired) electrons. The van der Waals surface area contributed by atoms with Crippen molar-refractivity contribution in [2.24, 2.45) is 0 Å². The Balaban J connectivity index is 1.44. The molecule has 2 aliphatic rings. The number of fused-ring (bicyclic) bond motifs is 1. The van der Waals surface area contributed by atoms with Crippen molar-refractivity contribution in [2.75, 3.05) is 62.3 Å². The largest absolute Gasteiger partial charge is 0.437 e. The maximum absolute atomic E-state index is 13.9. The molecule has 0 N–H and O–H groups in total. The van der Waals surface area contributed by atoms with Gasteiger partial charge in [0.1, 0.15) is 29.5 Å². The highest BCUT2D eigenvalue weighted by molar-refractivity contribution is 6.06. The van der Waals surface area contributed by atoms with Crippen molar-refractivity contribution in [1.82, 2.24) is 19.9 Å². The van der Waals surface area contributed by atoms with Crippen LogP contribution in [0.25, 0.3) is 33.6 Å². The molecule has 8 nitrogen and oxygen atoms in total. The van der Waals surface area contributed by atoms with Crippen LogP contribution in [0, 0.1) is 5.82 Å². The highest BCUT2D eigenvalue weighted by atomic mass is 19.1. The molecular weight excluding hydrogens is 471 g/mol. The van der Waals surface area contributed by atoms with E-state index in [1.807, 2.05) is 18.3 Å². The molecular formula is C28H31FN6O2. The summed E-state index contributed by atoms with van der Waals surface area (Å²) >= 11 is 0. The molecule has 192 valence electrons. The van der Waals surface area contributed by atoms with E-state index in [9.17, 15) is 4.39 Å². The van der Waals surface area contributed by atoms with E-state index >= 15 is 0 Å². The standard InChI is InChI=1S/C28H31FN6O2/c1-19(2)33-9-11-35(12-10-33)27-25-24(20-3-6-22(29)7-4-20)26(37-28(25)32-18-31-27)21-5-8-23(30-17-21)34-13-15-36-16-14-34/h3-8,17-19H,9-16H2,1-2H3. The average Bonchev–Trinajstić information content (AvgIpc) is 3.34. The minimum Gasteiger partial charge on any atom is -0.437 e. The first-order valence-electron chi connectivity index (χ1n) is 12.9. The topological polar surface area (TPSA) is 70.8 Å². The molecule has 0 aliphatic carbocycles. The molecule has 0 atom stereocenters. The van der Waals surface area contributed by atoms with Crippen LogP contribution in [0.1, 0.15) is 13.8 Å². The van der Waals surface area contributed by atoms with E-state index in [0.29, 0.717) is 30.7 Å². The molecule has 37 heavy (non-hydrogen) atoms. The van der Waals surface area contributed by atoms with Crippen molar-refractivity contribution in [3.63, 3.8) is 0 Å². The molecule has 5 heterocycles. The van der Waals surface area contributed by atoms with Gasteiger partial charge in [-0.3, -0.25) is 4.90 Å². The van der Waals surface area contributed by atoms with Crippen molar-refractivity contribution in [1.29, 1.82) is 0 Å². The van der Waals surface area contributed by atoms with E-state index in [2.05, 4.69) is 33.5 Å². The lowest BCUT2D eigenvalue weighted by molar-refractivity contribution is 0.122. The molecule has 0 unspecified atom stereocenters. The smallest absolute Gasteiger partial charge is 0.232 e. The summed E-state index contributed by atoms with van der Waals surface area (Å²) in [5.74, 6) is 2.14. The van der Waals surface area contributed by atoms with Gasteiger partial charge in [0, 0.05) is 62.6 Å². The molecule has 0 saturated carbocycles. The van der Waals surface area contributed by atoms with Crippen LogP contribution in [0.2, 0.25) is 0 Å². The summed E-state index contributed by atoms with van der Waals surface area (Å²) < 4.78 is 25.7. The monoisotopic (exact) mass is 502 g/mol. The summed E-state index contributed by atoms with van der Waals surface area (Å²) in [5.41, 5.74) is 3.06. The van der Waals surface area contributed by atoms with E-state index in [1.54, 1.807) is 18.5 Å². The second-order valence-corrected chi connectivity index (χ2v) is 9.81. The van der Waals surface area contributed by atoms with E-state index in [-0.39, 0.29) is 5.82 Å². The third-order valence-corrected chi connectivity index (χ3v) is 7.29. The van der Waals surface area contributed by atoms with Gasteiger partial charge in [0.25, 0.3) is 0 Å². The number of halogens is 1. The Morgan fingerprint density at radius 3 is 2.22 bits per heavy atom. The summed E-state index contributed by atoms with van der Waals surface area (Å²) in [7, 11) is 0. The lowest BCUT2D eigenvalue weighted by Gasteiger charge is -2.37. The van der Waals surface area contributed by atoms with Crippen molar-refractivity contribution in [3.05, 3.63) is 54.7 Å². The summed E-state index contributed by atoms with van der Waals surface area (Å²) in [5, 5.41) is 0.847. The molecule has 6 rings (SSSR count). The van der Waals surface area contributed by atoms with Gasteiger partial charge in [-0.15, -0.1) is 0 Å². The molecule has 0 bridgehead atoms. The molecule has 3 aromatic heterocycles. The molecule has 1 aromatic carbocycles. The van der Waals surface area contributed by atoms with Gasteiger partial charge >= 0.3 is 0 Å². The van der Waals surface area contributed by atoms with Crippen LogP contribution in [0.3, 0.4) is 0 Å². The maximum atomic E-state index is 13.9. The Hall–Kier alpha value is -3.56. The average molecular weight is 503 g/mol. The van der Waals surface area contributed by atoms with Crippen LogP contribution in [0.15, 0.2) is 53.3 Å². The molecule has 0 amide bonds. The van der Waals surface area contributed by atoms with Gasteiger partial charge in [-0.1, -0.05) is 12.1 Å². The van der Waals surface area contributed by atoms with Crippen molar-refractivity contribution in [3.8, 4) is 22.5 Å². The minimum absolute atomic E-state index is 0.282. The van der Waals surface area contributed by atoms with Crippen molar-refractivity contribution >= 4 is 22.7 Å². The summed E-state index contributed by atoms with van der Waals surface area (Å²) in [6, 6.07) is 11.1. The van der Waals surface area contributed by atoms with Crippen LogP contribution in [0.4, 0.5) is 16.0 Å². The first-order valence-corrected chi connectivity index (χ1v) is 12.9. The third kappa shape index (κ3) is 4.65. The van der Waals surface area contributed by atoms with Gasteiger partial charge in [0.2, 0.25) is 5.71 Å². The highest BCUT2D eigenvalue weighted by Gasteiger charge is 2.27. The van der Waals surface area contributed by atoms with Gasteiger partial charge in [-0.25, -0.2) is 19.3 Å². The summed E-state index contributed by atoms with van der Waals surface area (Å²) in [4.78, 5) is 20.9. The fourth-order valence-electron chi connectivity index (χ4n) is 5.20. The maximum Gasteiger partial charge on any atom is 0.232 e. The van der Waals surface area contributed by atoms with Crippen LogP contribution in [-0.2, 0) is 4.74 Å². The molecule has 2 fully saturated rings. The number of aromatic nitrogens is 3. The Morgan fingerprint density at radius 2 is 1.54 bits per heavy atom. The number of nitrogens with zero attached hydrogens (tertiary/aromatic N) is 6. The normalized spacial score (nSPS) is 17.2. The molecule has 2 aliphatic heterocycles. The fraction of sp³-hybridized carbons (Fsp3) is 0.393. The predicted molar refractivity (Wildman–Crippen MR) is 142 cm³/mol. The SMILES string of the molecule is CC(C)N1CCN(c2ncnc3oc(-c4ccc(N5CCOCC5)nc4)c(-c4ccc(F)cc4)c23)CC1. The second-order valence-electron chi connectivity index (χ2n) is 9.81. The zero-order valence-electron chi connectivity index (χ0n) is 21.2. The lowest BCUT2D eigenvalue weighted by Crippen LogP contribution is -2.49. The summed E-state index contributed by atoms with van der Waals surface area (Å²) in [6.45, 7) is 11.2. The molecule has 9 heteroatoms. The first kappa shape index (κ1) is 23.8. The Kier molecular flexibility index (Phi) is 6.48. The van der Waals surface area contributed by atoms with E-state index < -0.39 is 0 Å². The number of hydrogen-bond donors (Lipinski definition) is 0. The van der Waals surface area contributed by atoms with Gasteiger partial charge in [-0.2, -0.15) is 0 Å². The van der Waals surface area contributed by atoms with Crippen LogP contribution in [-0.4, -0.2) is 78.4 Å². The van der Waals surface area contributed by atoms with Gasteiger partial charge in [0.15, 0.2) is 0 Å². The number of hydrogen-bond acceptors (Lipinski definition) is 8. The van der Waals surface area contributed by atoms with Gasteiger partial charge in [0.05, 0.1) is 18.6 Å². The second kappa shape index (κ2) is 10.1. The van der Waals surface area contributed by atoms with Gasteiger partial charge < -0.3 is 19.0 Å². The number of rotatable bonds is 5. The van der Waals surface area contributed by atoms with Crippen LogP contribution >= 0.6 is 0 Å². The number of anilines is 2. The zero-order valence-corrected chi connectivity index (χ0v) is 21.2. The number of piperazine rings is 1. The zero-order chi connectivity index (χ0) is 25.4. The fourth-order valence-corrected chi connectivity index (χ4v) is 5.20. The van der Waals surface area contributed by atoms with Crippen LogP contribution < -0.4 is 9.80 Å². The molecule has 2 saturated heterocycles. The Bertz CT molecular complexity index is 1360. The highest BCUT2D eigenvalue weighted by Crippen LogP contribution is 2.43. The number of benzene rings is 1. The predicted octanol–water partition coefficient (Wildman–Crippen LogP) is 4.46. The number of furan rings is 1. The minimum atomic E-state index is -0.282. The lowest BCUT2D eigenvalue weighted by atomic mass is 9.99. The Labute approximate surface area is 215 Å². The molecule has 0 spiro atoms. The number of pyridine rings is 1. The van der Waals surface area contributed by atoms with Crippen LogP contribution in [0.5, 0.6) is 0 Å². The van der Waals surface area contributed by atoms with Crippen molar-refractivity contribution < 1.29 is 13.5 Å². The number of ether oxygens (including phenoxy) is 1. The quantitative estimate of drug-likeness (QED) is 0.396. The summed E-state index contributed by atoms with van der Waals surface area (Å²) in [6.07, 6.45) is 3.40. The first-order chi connectivity index (χ1) is 18.1. The molecule has 4 aromatic rings. The Morgan fingerprint density at radius 1 is 0.811 bits per heavy atom. The van der Waals surface area contributed by atoms with Gasteiger partial charge in [-0.05, 0) is 43.7 Å². The van der Waals surface area contributed by atoms with Crippen molar-refractivity contribution in [2.45, 2.75) is 19.9 Å².